The van der Waals surface area contributed by atoms with Crippen molar-refractivity contribution in [1.29, 1.82) is 0 Å². The minimum Gasteiger partial charge on any atom is -0.377 e. The van der Waals surface area contributed by atoms with Crippen molar-refractivity contribution in [3.8, 4) is 11.3 Å². The number of carbonyl (C=O) groups is 1. The van der Waals surface area contributed by atoms with Crippen LogP contribution in [0.1, 0.15) is 56.1 Å². The van der Waals surface area contributed by atoms with Gasteiger partial charge in [0.1, 0.15) is 6.33 Å². The number of pyridine rings is 1. The lowest BCUT2D eigenvalue weighted by atomic mass is 9.83. The third-order valence-corrected chi connectivity index (χ3v) is 8.53. The van der Waals surface area contributed by atoms with Crippen molar-refractivity contribution < 1.29 is 14.4 Å². The Morgan fingerprint density at radius 1 is 1.05 bits per heavy atom. The number of morpholine rings is 1. The number of hydroxylamine groups is 1. The first-order chi connectivity index (χ1) is 20.1. The predicted octanol–water partition coefficient (Wildman–Crippen LogP) is 4.54. The highest BCUT2D eigenvalue weighted by molar-refractivity contribution is 5.92. The number of amides is 1. The van der Waals surface area contributed by atoms with Gasteiger partial charge in [-0.2, -0.15) is 0 Å². The first kappa shape index (κ1) is 25.8. The summed E-state index contributed by atoms with van der Waals surface area (Å²) in [6.45, 7) is 5.15. The average Bonchev–Trinajstić information content (AvgIpc) is 3.62. The van der Waals surface area contributed by atoms with Gasteiger partial charge in [-0.05, 0) is 36.3 Å². The maximum Gasteiger partial charge on any atom is 0.427 e. The molecule has 212 valence electrons. The van der Waals surface area contributed by atoms with Crippen LogP contribution in [0.15, 0.2) is 55.1 Å². The third kappa shape index (κ3) is 5.11. The van der Waals surface area contributed by atoms with Gasteiger partial charge >= 0.3 is 6.09 Å². The molecule has 3 aliphatic rings. The fourth-order valence-electron chi connectivity index (χ4n) is 6.31. The molecule has 2 saturated heterocycles. The van der Waals surface area contributed by atoms with Crippen LogP contribution in [0.25, 0.3) is 22.3 Å². The number of fused-ring (bicyclic) bond motifs is 1. The van der Waals surface area contributed by atoms with Gasteiger partial charge in [-0.25, -0.2) is 24.7 Å². The van der Waals surface area contributed by atoms with Gasteiger partial charge in [-0.1, -0.05) is 50.1 Å². The van der Waals surface area contributed by atoms with Crippen molar-refractivity contribution in [3.05, 3.63) is 66.4 Å². The lowest BCUT2D eigenvalue weighted by Crippen LogP contribution is -2.41. The van der Waals surface area contributed by atoms with Crippen molar-refractivity contribution >= 4 is 23.1 Å². The average molecular weight is 555 g/mol. The van der Waals surface area contributed by atoms with Crippen molar-refractivity contribution in [3.63, 3.8) is 0 Å². The fourth-order valence-corrected chi connectivity index (χ4v) is 6.31. The highest BCUT2D eigenvalue weighted by Crippen LogP contribution is 2.38. The molecular formula is C30H34N8O3. The molecule has 0 bridgehead atoms. The van der Waals surface area contributed by atoms with Crippen molar-refractivity contribution in [2.75, 3.05) is 24.7 Å². The van der Waals surface area contributed by atoms with Crippen molar-refractivity contribution in [2.24, 2.45) is 11.8 Å². The van der Waals surface area contributed by atoms with E-state index < -0.39 is 12.3 Å². The largest absolute Gasteiger partial charge is 0.427 e. The van der Waals surface area contributed by atoms with Gasteiger partial charge in [-0.3, -0.25) is 5.32 Å². The maximum atomic E-state index is 11.8. The van der Waals surface area contributed by atoms with Gasteiger partial charge in [0.05, 0.1) is 41.7 Å². The second-order valence-electron chi connectivity index (χ2n) is 11.3. The number of anilines is 1. The van der Waals surface area contributed by atoms with Gasteiger partial charge < -0.3 is 19.0 Å². The molecule has 2 aliphatic heterocycles. The molecule has 2 N–H and O–H groups in total. The summed E-state index contributed by atoms with van der Waals surface area (Å²) in [5.41, 5.74) is 7.80. The Hall–Kier alpha value is -4.09. The van der Waals surface area contributed by atoms with E-state index >= 15 is 0 Å². The van der Waals surface area contributed by atoms with Gasteiger partial charge in [0.25, 0.3) is 0 Å². The van der Waals surface area contributed by atoms with Crippen LogP contribution in [0.4, 0.5) is 10.7 Å². The molecule has 11 nitrogen and oxygen atoms in total. The number of hydrogen-bond acceptors (Lipinski definition) is 9. The van der Waals surface area contributed by atoms with Crippen molar-refractivity contribution in [2.45, 2.75) is 51.4 Å². The molecule has 1 saturated carbocycles. The number of carbonyl (C=O) groups excluding carboxylic acids is 1. The van der Waals surface area contributed by atoms with Crippen LogP contribution in [0, 0.1) is 11.8 Å². The molecular weight excluding hydrogens is 520 g/mol. The highest BCUT2D eigenvalue weighted by atomic mass is 16.7. The first-order valence-electron chi connectivity index (χ1n) is 14.4. The Kier molecular flexibility index (Phi) is 6.97. The van der Waals surface area contributed by atoms with E-state index in [1.807, 2.05) is 12.1 Å². The molecule has 1 aromatic carbocycles. The SMILES string of the molecule is CC1CCC(Cn2c(N3CCOC[C@H]3c3ccccc3)nc3cc(C4NOC(=O)N4)nc(-c4cncnc4)c32)CC1. The Balaban J connectivity index is 1.41. The van der Waals surface area contributed by atoms with Crippen LogP contribution in [0.3, 0.4) is 0 Å². The van der Waals surface area contributed by atoms with E-state index in [1.165, 1.54) is 37.6 Å². The summed E-state index contributed by atoms with van der Waals surface area (Å²) >= 11 is 0. The highest BCUT2D eigenvalue weighted by Gasteiger charge is 2.33. The molecule has 3 fully saturated rings. The van der Waals surface area contributed by atoms with Crippen LogP contribution in [0.5, 0.6) is 0 Å². The summed E-state index contributed by atoms with van der Waals surface area (Å²) in [6.07, 6.45) is 8.79. The lowest BCUT2D eigenvalue weighted by Gasteiger charge is -2.37. The molecule has 7 rings (SSSR count). The van der Waals surface area contributed by atoms with Crippen LogP contribution in [0.2, 0.25) is 0 Å². The topological polar surface area (TPSA) is 119 Å². The third-order valence-electron chi connectivity index (χ3n) is 8.53. The Bertz CT molecular complexity index is 1520. The zero-order valence-corrected chi connectivity index (χ0v) is 23.1. The van der Waals surface area contributed by atoms with Crippen LogP contribution < -0.4 is 15.7 Å². The molecule has 2 atom stereocenters. The summed E-state index contributed by atoms with van der Waals surface area (Å²) in [7, 11) is 0. The number of rotatable bonds is 6. The minimum atomic E-state index is -0.593. The lowest BCUT2D eigenvalue weighted by molar-refractivity contribution is 0.0927. The van der Waals surface area contributed by atoms with E-state index in [0.717, 1.165) is 47.2 Å². The molecule has 1 amide bonds. The number of benzene rings is 1. The Morgan fingerprint density at radius 3 is 2.61 bits per heavy atom. The van der Waals surface area contributed by atoms with Crippen LogP contribution in [-0.4, -0.2) is 50.4 Å². The van der Waals surface area contributed by atoms with Gasteiger partial charge in [-0.15, -0.1) is 5.48 Å². The molecule has 1 aliphatic carbocycles. The minimum absolute atomic E-state index is 0.0343. The number of nitrogens with one attached hydrogen (secondary N) is 2. The van der Waals surface area contributed by atoms with E-state index in [2.05, 4.69) is 61.4 Å². The number of imidazole rings is 1. The Morgan fingerprint density at radius 2 is 1.85 bits per heavy atom. The smallest absolute Gasteiger partial charge is 0.377 e. The molecule has 0 spiro atoms. The van der Waals surface area contributed by atoms with Crippen molar-refractivity contribution in [1.82, 2.24) is 35.3 Å². The summed E-state index contributed by atoms with van der Waals surface area (Å²) in [6, 6.07) is 12.5. The zero-order chi connectivity index (χ0) is 27.8. The number of hydrogen-bond donors (Lipinski definition) is 2. The summed E-state index contributed by atoms with van der Waals surface area (Å²) in [5.74, 6) is 2.22. The van der Waals surface area contributed by atoms with E-state index in [1.54, 1.807) is 12.4 Å². The molecule has 5 heterocycles. The van der Waals surface area contributed by atoms with E-state index in [0.29, 0.717) is 24.8 Å². The van der Waals surface area contributed by atoms with Gasteiger partial charge in [0, 0.05) is 31.0 Å². The second-order valence-corrected chi connectivity index (χ2v) is 11.3. The molecule has 1 unspecified atom stereocenters. The standard InChI is InChI=1S/C30H34N8O3/c1-19-7-9-20(10-8-19)16-38-27-23(34-29(38)37-11-12-40-17-25(37)21-5-3-2-4-6-21)13-24(28-35-30(39)41-36-28)33-26(27)22-14-31-18-32-15-22/h2-6,13-15,18-20,25,28,36H,7-12,16-17H2,1H3,(H,35,39)/t19?,20?,25-,28?/m0/s1. The van der Waals surface area contributed by atoms with Gasteiger partial charge in [0.2, 0.25) is 5.95 Å². The number of aromatic nitrogens is 5. The molecule has 0 radical (unpaired) electrons. The van der Waals surface area contributed by atoms with E-state index in [4.69, 9.17) is 19.5 Å². The normalized spacial score (nSPS) is 24.8. The molecule has 11 heteroatoms. The molecule has 41 heavy (non-hydrogen) atoms. The Labute approximate surface area is 238 Å². The molecule has 4 aromatic rings. The number of ether oxygens (including phenoxy) is 1. The second kappa shape index (κ2) is 11.1. The van der Waals surface area contributed by atoms with E-state index in [-0.39, 0.29) is 6.04 Å². The summed E-state index contributed by atoms with van der Waals surface area (Å²) < 4.78 is 8.35. The monoisotopic (exact) mass is 554 g/mol. The number of nitrogens with zero attached hydrogens (tertiary/aromatic N) is 6. The van der Waals surface area contributed by atoms with Crippen LogP contribution >= 0.6 is 0 Å². The predicted molar refractivity (Wildman–Crippen MR) is 153 cm³/mol. The molecule has 3 aromatic heterocycles. The van der Waals surface area contributed by atoms with Gasteiger partial charge in [0.15, 0.2) is 6.17 Å². The van der Waals surface area contributed by atoms with E-state index in [9.17, 15) is 4.79 Å². The summed E-state index contributed by atoms with van der Waals surface area (Å²) in [5, 5.41) is 2.77. The maximum absolute atomic E-state index is 11.8. The quantitative estimate of drug-likeness (QED) is 0.354. The fraction of sp³-hybridized carbons (Fsp3) is 0.433. The first-order valence-corrected chi connectivity index (χ1v) is 14.4. The zero-order valence-electron chi connectivity index (χ0n) is 23.1. The summed E-state index contributed by atoms with van der Waals surface area (Å²) in [4.78, 5) is 38.1. The van der Waals surface area contributed by atoms with Crippen LogP contribution in [-0.2, 0) is 16.1 Å².